The van der Waals surface area contributed by atoms with Crippen molar-refractivity contribution in [2.24, 2.45) is 0 Å². The predicted octanol–water partition coefficient (Wildman–Crippen LogP) is 3.46. The van der Waals surface area contributed by atoms with Gasteiger partial charge in [-0.3, -0.25) is 4.90 Å². The third kappa shape index (κ3) is 7.86. The second kappa shape index (κ2) is 14.6. The van der Waals surface area contributed by atoms with Gasteiger partial charge in [0.1, 0.15) is 19.8 Å². The minimum absolute atomic E-state index is 0.327. The summed E-state index contributed by atoms with van der Waals surface area (Å²) in [7, 11) is 5.55. The van der Waals surface area contributed by atoms with Crippen LogP contribution >= 0.6 is 0 Å². The van der Waals surface area contributed by atoms with Gasteiger partial charge in [0.25, 0.3) is 0 Å². The summed E-state index contributed by atoms with van der Waals surface area (Å²) in [5, 5.41) is 6.43. The molecule has 1 fully saturated rings. The highest BCUT2D eigenvalue weighted by Gasteiger charge is 2.17. The zero-order valence-corrected chi connectivity index (χ0v) is 22.9. The molecule has 1 aromatic heterocycles. The molecule has 2 aromatic carbocycles. The van der Waals surface area contributed by atoms with Crippen molar-refractivity contribution in [2.75, 3.05) is 54.1 Å². The smallest absolute Gasteiger partial charge is 0.167 e. The van der Waals surface area contributed by atoms with Crippen molar-refractivity contribution in [3.05, 3.63) is 65.7 Å². The van der Waals surface area contributed by atoms with E-state index >= 15 is 0 Å². The lowest BCUT2D eigenvalue weighted by atomic mass is 10.1. The minimum atomic E-state index is 0.327. The molecule has 3 aromatic rings. The maximum atomic E-state index is 6.41. The van der Waals surface area contributed by atoms with Crippen LogP contribution in [0.3, 0.4) is 0 Å². The number of likely N-dealkylation sites (tertiary alicyclic amines) is 1. The van der Waals surface area contributed by atoms with E-state index in [0.717, 1.165) is 60.9 Å². The fourth-order valence-electron chi connectivity index (χ4n) is 4.67. The lowest BCUT2D eigenvalue weighted by Gasteiger charge is -2.20. The molecule has 0 unspecified atom stereocenters. The van der Waals surface area contributed by atoms with Gasteiger partial charge < -0.3 is 34.1 Å². The Morgan fingerprint density at radius 1 is 0.842 bits per heavy atom. The molecular formula is C29H41N5O4. The van der Waals surface area contributed by atoms with Gasteiger partial charge in [-0.05, 0) is 75.4 Å². The first-order valence-electron chi connectivity index (χ1n) is 13.4. The van der Waals surface area contributed by atoms with Crippen molar-refractivity contribution in [3.8, 4) is 23.0 Å². The molecule has 9 nitrogen and oxygen atoms in total. The topological polar surface area (TPSA) is 82.0 Å². The Hall–Kier alpha value is -3.27. The van der Waals surface area contributed by atoms with Gasteiger partial charge in [-0.25, -0.2) is 4.98 Å². The summed E-state index contributed by atoms with van der Waals surface area (Å²) in [6.45, 7) is 6.80. The molecule has 0 radical (unpaired) electrons. The average Bonchev–Trinajstić information content (AvgIpc) is 3.64. The Morgan fingerprint density at radius 3 is 2.34 bits per heavy atom. The van der Waals surface area contributed by atoms with E-state index in [2.05, 4.69) is 32.7 Å². The van der Waals surface area contributed by atoms with E-state index in [9.17, 15) is 0 Å². The summed E-state index contributed by atoms with van der Waals surface area (Å²) >= 11 is 0. The van der Waals surface area contributed by atoms with E-state index in [1.165, 1.54) is 12.8 Å². The molecule has 38 heavy (non-hydrogen) atoms. The Kier molecular flexibility index (Phi) is 10.7. The molecule has 0 saturated carbocycles. The van der Waals surface area contributed by atoms with Crippen LogP contribution in [0.5, 0.6) is 23.0 Å². The molecule has 9 heteroatoms. The number of rotatable bonds is 16. The highest BCUT2D eigenvalue weighted by atomic mass is 16.5. The first-order chi connectivity index (χ1) is 18.7. The Balaban J connectivity index is 1.51. The first-order valence-corrected chi connectivity index (χ1v) is 13.4. The van der Waals surface area contributed by atoms with Crippen molar-refractivity contribution in [2.45, 2.75) is 39.1 Å². The average molecular weight is 524 g/mol. The summed E-state index contributed by atoms with van der Waals surface area (Å²) in [5.41, 5.74) is 3.17. The molecule has 0 bridgehead atoms. The van der Waals surface area contributed by atoms with Gasteiger partial charge in [-0.15, -0.1) is 0 Å². The number of benzene rings is 2. The number of methoxy groups -OCH3 is 1. The number of hydrogen-bond acceptors (Lipinski definition) is 8. The van der Waals surface area contributed by atoms with Crippen LogP contribution in [0, 0.1) is 0 Å². The molecule has 1 aliphatic rings. The van der Waals surface area contributed by atoms with Crippen LogP contribution in [0.15, 0.2) is 49.1 Å². The van der Waals surface area contributed by atoms with Crippen LogP contribution in [0.25, 0.3) is 0 Å². The normalized spacial score (nSPS) is 13.6. The quantitative estimate of drug-likeness (QED) is 0.296. The van der Waals surface area contributed by atoms with Crippen molar-refractivity contribution in [3.63, 3.8) is 0 Å². The fourth-order valence-corrected chi connectivity index (χ4v) is 4.67. The minimum Gasteiger partial charge on any atom is -0.493 e. The second-order valence-electron chi connectivity index (χ2n) is 9.46. The van der Waals surface area contributed by atoms with Crippen molar-refractivity contribution >= 4 is 0 Å². The van der Waals surface area contributed by atoms with Gasteiger partial charge in [0.05, 0.1) is 20.0 Å². The number of aromatic nitrogens is 2. The molecule has 2 N–H and O–H groups in total. The van der Waals surface area contributed by atoms with Gasteiger partial charge in [-0.2, -0.15) is 0 Å². The number of nitrogens with one attached hydrogen (secondary N) is 2. The standard InChI is InChI=1S/C29H41N5O4/c1-30-19-23-6-7-26(36-14-13-34-11-8-32-22-34)27(17-23)38-21-25-16-24(20-31-2)18-28(35-3)29(25)37-15-12-33-9-4-5-10-33/h6-8,11,16-18,22,30-31H,4-5,9-10,12-15,19-21H2,1-3H3. The molecule has 1 saturated heterocycles. The summed E-state index contributed by atoms with van der Waals surface area (Å²) in [4.78, 5) is 6.54. The summed E-state index contributed by atoms with van der Waals surface area (Å²) in [6.07, 6.45) is 8.00. The van der Waals surface area contributed by atoms with Crippen LogP contribution in [0.2, 0.25) is 0 Å². The number of imidazole rings is 1. The Bertz CT molecular complexity index is 1120. The molecule has 4 rings (SSSR count). The zero-order chi connectivity index (χ0) is 26.6. The first kappa shape index (κ1) is 27.8. The SMILES string of the molecule is CNCc1ccc(OCCn2ccnc2)c(OCc2cc(CNC)cc(OC)c2OCCN2CCCC2)c1. The van der Waals surface area contributed by atoms with E-state index in [-0.39, 0.29) is 0 Å². The Labute approximate surface area is 226 Å². The lowest BCUT2D eigenvalue weighted by molar-refractivity contribution is 0.220. The molecular weight excluding hydrogens is 482 g/mol. The van der Waals surface area contributed by atoms with Crippen molar-refractivity contribution in [1.29, 1.82) is 0 Å². The largest absolute Gasteiger partial charge is 0.493 e. The summed E-state index contributed by atoms with van der Waals surface area (Å²) in [6, 6.07) is 10.2. The number of hydrogen-bond donors (Lipinski definition) is 2. The maximum Gasteiger partial charge on any atom is 0.167 e. The van der Waals surface area contributed by atoms with Crippen molar-refractivity contribution in [1.82, 2.24) is 25.1 Å². The highest BCUT2D eigenvalue weighted by Crippen LogP contribution is 2.36. The number of nitrogens with zero attached hydrogens (tertiary/aromatic N) is 3. The molecule has 1 aliphatic heterocycles. The third-order valence-corrected chi connectivity index (χ3v) is 6.58. The van der Waals surface area contributed by atoms with Crippen LogP contribution in [-0.2, 0) is 26.2 Å². The van der Waals surface area contributed by atoms with Crippen LogP contribution in [0.4, 0.5) is 0 Å². The number of ether oxygens (including phenoxy) is 4. The summed E-state index contributed by atoms with van der Waals surface area (Å²) < 4.78 is 26.6. The second-order valence-corrected chi connectivity index (χ2v) is 9.46. The monoisotopic (exact) mass is 523 g/mol. The fraction of sp³-hybridized carbons (Fsp3) is 0.483. The summed E-state index contributed by atoms with van der Waals surface area (Å²) in [5.74, 6) is 2.86. The van der Waals surface area contributed by atoms with Gasteiger partial charge in [0.15, 0.2) is 23.0 Å². The van der Waals surface area contributed by atoms with Crippen LogP contribution in [-0.4, -0.2) is 68.5 Å². The van der Waals surface area contributed by atoms with E-state index in [0.29, 0.717) is 37.9 Å². The van der Waals surface area contributed by atoms with E-state index in [1.807, 2.05) is 43.1 Å². The molecule has 0 amide bonds. The van der Waals surface area contributed by atoms with E-state index < -0.39 is 0 Å². The van der Waals surface area contributed by atoms with Gasteiger partial charge in [0.2, 0.25) is 0 Å². The molecule has 0 atom stereocenters. The third-order valence-electron chi connectivity index (χ3n) is 6.58. The highest BCUT2D eigenvalue weighted by molar-refractivity contribution is 5.50. The van der Waals surface area contributed by atoms with Gasteiger partial charge in [0, 0.05) is 37.6 Å². The molecule has 206 valence electrons. The van der Waals surface area contributed by atoms with Crippen molar-refractivity contribution < 1.29 is 18.9 Å². The van der Waals surface area contributed by atoms with Gasteiger partial charge >= 0.3 is 0 Å². The van der Waals surface area contributed by atoms with Crippen LogP contribution in [0.1, 0.15) is 29.5 Å². The van der Waals surface area contributed by atoms with E-state index in [1.54, 1.807) is 19.6 Å². The van der Waals surface area contributed by atoms with Gasteiger partial charge in [-0.1, -0.05) is 6.07 Å². The molecule has 0 spiro atoms. The molecule has 0 aliphatic carbocycles. The maximum absolute atomic E-state index is 6.41. The predicted molar refractivity (Wildman–Crippen MR) is 148 cm³/mol. The molecule has 2 heterocycles. The van der Waals surface area contributed by atoms with E-state index in [4.69, 9.17) is 18.9 Å². The zero-order valence-electron chi connectivity index (χ0n) is 22.9. The Morgan fingerprint density at radius 2 is 1.61 bits per heavy atom. The lowest BCUT2D eigenvalue weighted by Crippen LogP contribution is -2.25. The van der Waals surface area contributed by atoms with Crippen LogP contribution < -0.4 is 29.6 Å².